The van der Waals surface area contributed by atoms with Gasteiger partial charge in [-0.25, -0.2) is 8.42 Å². The molecule has 2 nitrogen and oxygen atoms in total. The lowest BCUT2D eigenvalue weighted by Crippen LogP contribution is -2.23. The Hall–Kier alpha value is -1.06. The standard InChI is InChI=1S/C13H15ClO2S/c1-3-7-13(11(2)10-14)17(15,16)12-8-5-4-6-9-12/h3-6,8-9,13H,1-2,7,10H2. The SMILES string of the molecule is C=CCC(C(=C)CCl)S(=O)(=O)c1ccccc1. The number of hydrogen-bond donors (Lipinski definition) is 0. The normalized spacial score (nSPS) is 13.0. The van der Waals surface area contributed by atoms with E-state index >= 15 is 0 Å². The number of sulfone groups is 1. The van der Waals surface area contributed by atoms with Crippen molar-refractivity contribution in [2.75, 3.05) is 5.88 Å². The minimum atomic E-state index is -3.43. The Labute approximate surface area is 108 Å². The average Bonchev–Trinajstić information content (AvgIpc) is 2.36. The van der Waals surface area contributed by atoms with Crippen LogP contribution in [0.5, 0.6) is 0 Å². The van der Waals surface area contributed by atoms with Gasteiger partial charge in [0.1, 0.15) is 0 Å². The number of rotatable bonds is 6. The number of benzene rings is 1. The predicted molar refractivity (Wildman–Crippen MR) is 72.1 cm³/mol. The smallest absolute Gasteiger partial charge is 0.185 e. The van der Waals surface area contributed by atoms with Crippen molar-refractivity contribution in [3.8, 4) is 0 Å². The molecule has 1 atom stereocenters. The minimum Gasteiger partial charge on any atom is -0.223 e. The number of alkyl halides is 1. The van der Waals surface area contributed by atoms with Crippen molar-refractivity contribution in [2.45, 2.75) is 16.6 Å². The average molecular weight is 271 g/mol. The maximum atomic E-state index is 12.4. The Morgan fingerprint density at radius 1 is 1.35 bits per heavy atom. The van der Waals surface area contributed by atoms with Crippen LogP contribution in [0.4, 0.5) is 0 Å². The van der Waals surface area contributed by atoms with E-state index in [-0.39, 0.29) is 10.8 Å². The van der Waals surface area contributed by atoms with E-state index in [2.05, 4.69) is 13.2 Å². The van der Waals surface area contributed by atoms with Gasteiger partial charge in [-0.05, 0) is 24.1 Å². The summed E-state index contributed by atoms with van der Waals surface area (Å²) < 4.78 is 24.7. The van der Waals surface area contributed by atoms with Crippen molar-refractivity contribution in [1.29, 1.82) is 0 Å². The minimum absolute atomic E-state index is 0.130. The first kappa shape index (κ1) is 14.0. The maximum absolute atomic E-state index is 12.4. The molecule has 0 amide bonds. The molecule has 0 saturated carbocycles. The van der Waals surface area contributed by atoms with Crippen molar-refractivity contribution in [1.82, 2.24) is 0 Å². The molecule has 1 aromatic carbocycles. The van der Waals surface area contributed by atoms with Crippen molar-refractivity contribution >= 4 is 21.4 Å². The third-order valence-electron chi connectivity index (χ3n) is 2.45. The van der Waals surface area contributed by atoms with E-state index in [1.807, 2.05) is 0 Å². The molecule has 0 aliphatic rings. The van der Waals surface area contributed by atoms with Gasteiger partial charge in [0.25, 0.3) is 0 Å². The summed E-state index contributed by atoms with van der Waals surface area (Å²) in [5, 5.41) is -0.695. The van der Waals surface area contributed by atoms with Crippen LogP contribution < -0.4 is 0 Å². The third-order valence-corrected chi connectivity index (χ3v) is 5.00. The molecule has 0 fully saturated rings. The quantitative estimate of drug-likeness (QED) is 0.588. The van der Waals surface area contributed by atoms with E-state index in [1.54, 1.807) is 36.4 Å². The van der Waals surface area contributed by atoms with E-state index in [0.717, 1.165) is 0 Å². The third kappa shape index (κ3) is 3.20. The molecule has 0 spiro atoms. The molecular formula is C13H15ClO2S. The van der Waals surface area contributed by atoms with E-state index in [4.69, 9.17) is 11.6 Å². The second kappa shape index (κ2) is 6.03. The van der Waals surface area contributed by atoms with Crippen LogP contribution in [0.3, 0.4) is 0 Å². The van der Waals surface area contributed by atoms with Crippen LogP contribution in [0.2, 0.25) is 0 Å². The number of allylic oxidation sites excluding steroid dienone is 1. The molecule has 0 heterocycles. The highest BCUT2D eigenvalue weighted by Gasteiger charge is 2.28. The molecule has 0 saturated heterocycles. The van der Waals surface area contributed by atoms with Gasteiger partial charge in [0.2, 0.25) is 0 Å². The van der Waals surface area contributed by atoms with Gasteiger partial charge in [0.05, 0.1) is 10.1 Å². The lowest BCUT2D eigenvalue weighted by Gasteiger charge is -2.17. The van der Waals surface area contributed by atoms with Crippen LogP contribution in [-0.4, -0.2) is 19.5 Å². The second-order valence-corrected chi connectivity index (χ2v) is 6.06. The number of hydrogen-bond acceptors (Lipinski definition) is 2. The molecule has 92 valence electrons. The van der Waals surface area contributed by atoms with Gasteiger partial charge in [0, 0.05) is 5.88 Å². The molecule has 0 bridgehead atoms. The van der Waals surface area contributed by atoms with Gasteiger partial charge in [-0.2, -0.15) is 0 Å². The highest BCUT2D eigenvalue weighted by Crippen LogP contribution is 2.24. The highest BCUT2D eigenvalue weighted by molar-refractivity contribution is 7.92. The first-order valence-electron chi connectivity index (χ1n) is 5.17. The molecular weight excluding hydrogens is 256 g/mol. The first-order valence-corrected chi connectivity index (χ1v) is 7.25. The van der Waals surface area contributed by atoms with E-state index in [1.165, 1.54) is 0 Å². The zero-order valence-electron chi connectivity index (χ0n) is 9.47. The maximum Gasteiger partial charge on any atom is 0.185 e. The summed E-state index contributed by atoms with van der Waals surface area (Å²) in [5.74, 6) is 0.130. The summed E-state index contributed by atoms with van der Waals surface area (Å²) >= 11 is 5.68. The van der Waals surface area contributed by atoms with Gasteiger partial charge in [-0.1, -0.05) is 30.9 Å². The van der Waals surface area contributed by atoms with E-state index < -0.39 is 15.1 Å². The van der Waals surface area contributed by atoms with Gasteiger partial charge in [-0.15, -0.1) is 18.2 Å². The fourth-order valence-corrected chi connectivity index (χ4v) is 3.58. The zero-order chi connectivity index (χ0) is 12.9. The number of halogens is 1. The largest absolute Gasteiger partial charge is 0.223 e. The van der Waals surface area contributed by atoms with Crippen molar-refractivity contribution < 1.29 is 8.42 Å². The molecule has 0 radical (unpaired) electrons. The molecule has 4 heteroatoms. The highest BCUT2D eigenvalue weighted by atomic mass is 35.5. The molecule has 0 aliphatic heterocycles. The van der Waals surface area contributed by atoms with Crippen LogP contribution in [0.15, 0.2) is 60.0 Å². The molecule has 1 aromatic rings. The summed E-state index contributed by atoms with van der Waals surface area (Å²) in [7, 11) is -3.43. The Bertz CT molecular complexity index is 491. The summed E-state index contributed by atoms with van der Waals surface area (Å²) in [6.45, 7) is 7.30. The van der Waals surface area contributed by atoms with Crippen molar-refractivity contribution in [2.24, 2.45) is 0 Å². The molecule has 17 heavy (non-hydrogen) atoms. The summed E-state index contributed by atoms with van der Waals surface area (Å²) in [6.07, 6.45) is 1.89. The molecule has 1 rings (SSSR count). The van der Waals surface area contributed by atoms with Crippen LogP contribution in [0, 0.1) is 0 Å². The van der Waals surface area contributed by atoms with Crippen molar-refractivity contribution in [3.63, 3.8) is 0 Å². The van der Waals surface area contributed by atoms with Crippen LogP contribution in [-0.2, 0) is 9.84 Å². The van der Waals surface area contributed by atoms with Crippen LogP contribution in [0.25, 0.3) is 0 Å². The Kier molecular flexibility index (Phi) is 4.97. The van der Waals surface area contributed by atoms with Gasteiger partial charge >= 0.3 is 0 Å². The Morgan fingerprint density at radius 3 is 2.41 bits per heavy atom. The molecule has 1 unspecified atom stereocenters. The summed E-state index contributed by atoms with van der Waals surface area (Å²) in [4.78, 5) is 0.290. The summed E-state index contributed by atoms with van der Waals surface area (Å²) in [6, 6.07) is 8.32. The monoisotopic (exact) mass is 270 g/mol. The predicted octanol–water partition coefficient (Wildman–Crippen LogP) is 3.20. The Balaban J connectivity index is 3.18. The molecule has 0 aromatic heterocycles. The fraction of sp³-hybridized carbons (Fsp3) is 0.231. The van der Waals surface area contributed by atoms with Gasteiger partial charge < -0.3 is 0 Å². The van der Waals surface area contributed by atoms with Crippen LogP contribution >= 0.6 is 11.6 Å². The van der Waals surface area contributed by atoms with Crippen molar-refractivity contribution in [3.05, 3.63) is 55.1 Å². The molecule has 0 aliphatic carbocycles. The van der Waals surface area contributed by atoms with E-state index in [0.29, 0.717) is 12.0 Å². The van der Waals surface area contributed by atoms with E-state index in [9.17, 15) is 8.42 Å². The summed E-state index contributed by atoms with van der Waals surface area (Å²) in [5.41, 5.74) is 0.496. The lowest BCUT2D eigenvalue weighted by atomic mass is 10.2. The Morgan fingerprint density at radius 2 is 1.94 bits per heavy atom. The second-order valence-electron chi connectivity index (χ2n) is 3.66. The van der Waals surface area contributed by atoms with Crippen LogP contribution in [0.1, 0.15) is 6.42 Å². The topological polar surface area (TPSA) is 34.1 Å². The lowest BCUT2D eigenvalue weighted by molar-refractivity contribution is 0.586. The first-order chi connectivity index (χ1) is 8.04. The fourth-order valence-electron chi connectivity index (χ4n) is 1.52. The van der Waals surface area contributed by atoms with Gasteiger partial charge in [0.15, 0.2) is 9.84 Å². The molecule has 0 N–H and O–H groups in total. The van der Waals surface area contributed by atoms with Gasteiger partial charge in [-0.3, -0.25) is 0 Å². The zero-order valence-corrected chi connectivity index (χ0v) is 11.0.